The zero-order valence-corrected chi connectivity index (χ0v) is 11.0. The second kappa shape index (κ2) is 6.28. The highest BCUT2D eigenvalue weighted by Crippen LogP contribution is 2.38. The van der Waals surface area contributed by atoms with Gasteiger partial charge in [-0.3, -0.25) is 14.9 Å². The summed E-state index contributed by atoms with van der Waals surface area (Å²) in [6.07, 6.45) is 6.09. The Morgan fingerprint density at radius 1 is 1.19 bits per heavy atom. The van der Waals surface area contributed by atoms with Gasteiger partial charge in [-0.25, -0.2) is 0 Å². The molecule has 1 rings (SSSR count). The zero-order valence-electron chi connectivity index (χ0n) is 10.2. The molecular formula is C12H21NO2S. The molecule has 0 aromatic rings. The summed E-state index contributed by atoms with van der Waals surface area (Å²) in [5.74, 6) is 0.230. The van der Waals surface area contributed by atoms with Gasteiger partial charge in [0.1, 0.15) is 0 Å². The highest BCUT2D eigenvalue weighted by atomic mass is 32.2. The number of hydrogen-bond donors (Lipinski definition) is 1. The smallest absolute Gasteiger partial charge is 0.242 e. The van der Waals surface area contributed by atoms with Crippen LogP contribution in [0.5, 0.6) is 0 Å². The third kappa shape index (κ3) is 3.24. The van der Waals surface area contributed by atoms with Crippen molar-refractivity contribution >= 4 is 23.6 Å². The molecule has 3 nitrogen and oxygen atoms in total. The van der Waals surface area contributed by atoms with E-state index in [1.54, 1.807) is 11.8 Å². The molecule has 0 aromatic heterocycles. The van der Waals surface area contributed by atoms with E-state index in [0.29, 0.717) is 5.75 Å². The van der Waals surface area contributed by atoms with Crippen LogP contribution in [0.25, 0.3) is 0 Å². The summed E-state index contributed by atoms with van der Waals surface area (Å²) >= 11 is 1.55. The Morgan fingerprint density at radius 2 is 1.75 bits per heavy atom. The first-order valence-electron chi connectivity index (χ1n) is 6.13. The Kier molecular flexibility index (Phi) is 5.32. The van der Waals surface area contributed by atoms with Crippen molar-refractivity contribution in [1.82, 2.24) is 5.32 Å². The summed E-state index contributed by atoms with van der Waals surface area (Å²) in [5.41, 5.74) is 0. The number of rotatable bonds is 6. The Hall–Kier alpha value is -0.510. The lowest BCUT2D eigenvalue weighted by atomic mass is 9.93. The van der Waals surface area contributed by atoms with Crippen LogP contribution in [0.4, 0.5) is 0 Å². The van der Waals surface area contributed by atoms with E-state index in [9.17, 15) is 9.59 Å². The van der Waals surface area contributed by atoms with Gasteiger partial charge in [0.15, 0.2) is 0 Å². The number of imide groups is 1. The number of amides is 2. The Bertz CT molecular complexity index is 258. The molecule has 0 atom stereocenters. The molecule has 0 aromatic carbocycles. The van der Waals surface area contributed by atoms with Crippen molar-refractivity contribution in [2.75, 3.05) is 5.75 Å². The minimum atomic E-state index is -0.333. The van der Waals surface area contributed by atoms with Crippen LogP contribution in [0.1, 0.15) is 52.4 Å². The van der Waals surface area contributed by atoms with E-state index >= 15 is 0 Å². The first-order valence-corrected chi connectivity index (χ1v) is 7.11. The maximum atomic E-state index is 12.0. The van der Waals surface area contributed by atoms with Crippen LogP contribution < -0.4 is 5.32 Å². The first kappa shape index (κ1) is 13.6. The van der Waals surface area contributed by atoms with E-state index < -0.39 is 0 Å². The van der Waals surface area contributed by atoms with Gasteiger partial charge in [0.05, 0.1) is 10.5 Å². The van der Waals surface area contributed by atoms with Crippen molar-refractivity contribution in [2.24, 2.45) is 0 Å². The molecule has 0 radical (unpaired) electrons. The van der Waals surface area contributed by atoms with Crippen molar-refractivity contribution in [3.63, 3.8) is 0 Å². The van der Waals surface area contributed by atoms with Gasteiger partial charge in [0, 0.05) is 0 Å². The lowest BCUT2D eigenvalue weighted by Gasteiger charge is -2.34. The number of unbranched alkanes of at least 4 members (excludes halogenated alkanes) is 2. The van der Waals surface area contributed by atoms with Gasteiger partial charge in [-0.1, -0.05) is 39.5 Å². The van der Waals surface area contributed by atoms with Crippen molar-refractivity contribution < 1.29 is 9.59 Å². The van der Waals surface area contributed by atoms with Crippen molar-refractivity contribution in [1.29, 1.82) is 0 Å². The fourth-order valence-corrected chi connectivity index (χ4v) is 3.21. The molecule has 16 heavy (non-hydrogen) atoms. The molecule has 1 aliphatic heterocycles. The first-order chi connectivity index (χ1) is 7.64. The third-order valence-electron chi connectivity index (χ3n) is 3.01. The molecule has 0 saturated carbocycles. The highest BCUT2D eigenvalue weighted by molar-refractivity contribution is 8.02. The quantitative estimate of drug-likeness (QED) is 0.729. The van der Waals surface area contributed by atoms with Gasteiger partial charge in [0.2, 0.25) is 11.8 Å². The Morgan fingerprint density at radius 3 is 2.19 bits per heavy atom. The molecule has 1 heterocycles. The van der Waals surface area contributed by atoms with Gasteiger partial charge in [-0.05, 0) is 12.8 Å². The van der Waals surface area contributed by atoms with Gasteiger partial charge >= 0.3 is 0 Å². The van der Waals surface area contributed by atoms with Crippen molar-refractivity contribution in [2.45, 2.75) is 57.1 Å². The second-order valence-electron chi connectivity index (χ2n) is 4.37. The fourth-order valence-electron chi connectivity index (χ4n) is 1.97. The standard InChI is InChI=1S/C12H21NO2S/c1-3-5-7-12(8-6-4-2)11(15)13-10(14)9-16-12/h3-9H2,1-2H3,(H,13,14,15). The normalized spacial score (nSPS) is 19.6. The second-order valence-corrected chi connectivity index (χ2v) is 5.73. The average Bonchev–Trinajstić information content (AvgIpc) is 2.27. The van der Waals surface area contributed by atoms with E-state index in [1.807, 2.05) is 0 Å². The van der Waals surface area contributed by atoms with E-state index in [-0.39, 0.29) is 16.6 Å². The lowest BCUT2D eigenvalue weighted by Crippen LogP contribution is -2.52. The predicted molar refractivity (Wildman–Crippen MR) is 67.4 cm³/mol. The topological polar surface area (TPSA) is 46.2 Å². The van der Waals surface area contributed by atoms with E-state index in [0.717, 1.165) is 38.5 Å². The minimum Gasteiger partial charge on any atom is -0.295 e. The molecule has 0 bridgehead atoms. The minimum absolute atomic E-state index is 0.0596. The van der Waals surface area contributed by atoms with Gasteiger partial charge in [0.25, 0.3) is 0 Å². The molecule has 1 aliphatic rings. The Balaban J connectivity index is 2.68. The molecular weight excluding hydrogens is 222 g/mol. The third-order valence-corrected chi connectivity index (χ3v) is 4.57. The van der Waals surface area contributed by atoms with Gasteiger partial charge in [-0.2, -0.15) is 0 Å². The molecule has 4 heteroatoms. The van der Waals surface area contributed by atoms with Crippen LogP contribution in [-0.4, -0.2) is 22.3 Å². The SMILES string of the molecule is CCCCC1(CCCC)SCC(=O)NC1=O. The predicted octanol–water partition coefficient (Wildman–Crippen LogP) is 2.50. The lowest BCUT2D eigenvalue weighted by molar-refractivity contribution is -0.131. The van der Waals surface area contributed by atoms with E-state index in [2.05, 4.69) is 19.2 Å². The van der Waals surface area contributed by atoms with Crippen LogP contribution in [0, 0.1) is 0 Å². The van der Waals surface area contributed by atoms with Crippen molar-refractivity contribution in [3.05, 3.63) is 0 Å². The molecule has 1 saturated heterocycles. The summed E-state index contributed by atoms with van der Waals surface area (Å²) < 4.78 is -0.333. The summed E-state index contributed by atoms with van der Waals surface area (Å²) in [5, 5.41) is 2.49. The molecule has 0 aliphatic carbocycles. The molecule has 92 valence electrons. The average molecular weight is 243 g/mol. The van der Waals surface area contributed by atoms with Crippen molar-refractivity contribution in [3.8, 4) is 0 Å². The largest absolute Gasteiger partial charge is 0.295 e. The van der Waals surface area contributed by atoms with Crippen LogP contribution in [0.15, 0.2) is 0 Å². The van der Waals surface area contributed by atoms with Crippen LogP contribution >= 0.6 is 11.8 Å². The number of hydrogen-bond acceptors (Lipinski definition) is 3. The van der Waals surface area contributed by atoms with E-state index in [4.69, 9.17) is 0 Å². The molecule has 0 spiro atoms. The summed E-state index contributed by atoms with van der Waals surface area (Å²) in [6, 6.07) is 0. The van der Waals surface area contributed by atoms with Crippen LogP contribution in [0.3, 0.4) is 0 Å². The summed E-state index contributed by atoms with van der Waals surface area (Å²) in [7, 11) is 0. The Labute approximate surface area is 102 Å². The number of thioether (sulfide) groups is 1. The van der Waals surface area contributed by atoms with Gasteiger partial charge in [-0.15, -0.1) is 11.8 Å². The molecule has 2 amide bonds. The number of carbonyl (C=O) groups is 2. The summed E-state index contributed by atoms with van der Waals surface area (Å²) in [6.45, 7) is 4.26. The number of nitrogens with one attached hydrogen (secondary N) is 1. The molecule has 1 fully saturated rings. The molecule has 1 N–H and O–H groups in total. The monoisotopic (exact) mass is 243 g/mol. The maximum Gasteiger partial charge on any atom is 0.242 e. The maximum absolute atomic E-state index is 12.0. The van der Waals surface area contributed by atoms with Crippen LogP contribution in [-0.2, 0) is 9.59 Å². The van der Waals surface area contributed by atoms with Gasteiger partial charge < -0.3 is 0 Å². The van der Waals surface area contributed by atoms with Crippen LogP contribution in [0.2, 0.25) is 0 Å². The fraction of sp³-hybridized carbons (Fsp3) is 0.833. The highest BCUT2D eigenvalue weighted by Gasteiger charge is 2.42. The molecule has 0 unspecified atom stereocenters. The summed E-state index contributed by atoms with van der Waals surface area (Å²) in [4.78, 5) is 23.1. The van der Waals surface area contributed by atoms with E-state index in [1.165, 1.54) is 0 Å². The number of carbonyl (C=O) groups excluding carboxylic acids is 2. The zero-order chi connectivity index (χ0) is 12.0.